The summed E-state index contributed by atoms with van der Waals surface area (Å²) in [6, 6.07) is 11.1. The zero-order valence-electron chi connectivity index (χ0n) is 19.8. The van der Waals surface area contributed by atoms with Gasteiger partial charge in [-0.3, -0.25) is 13.9 Å². The highest BCUT2D eigenvalue weighted by Crippen LogP contribution is 2.25. The Balaban J connectivity index is 2.45. The van der Waals surface area contributed by atoms with E-state index in [4.69, 9.17) is 23.2 Å². The fourth-order valence-electron chi connectivity index (χ4n) is 3.56. The van der Waals surface area contributed by atoms with Crippen molar-refractivity contribution in [3.8, 4) is 0 Å². The summed E-state index contributed by atoms with van der Waals surface area (Å²) in [5.41, 5.74) is 2.02. The number of nitrogens with one attached hydrogen (secondary N) is 1. The Labute approximate surface area is 212 Å². The van der Waals surface area contributed by atoms with Crippen LogP contribution < -0.4 is 9.62 Å². The van der Waals surface area contributed by atoms with Crippen molar-refractivity contribution in [2.24, 2.45) is 0 Å². The molecule has 0 heterocycles. The van der Waals surface area contributed by atoms with E-state index in [1.165, 1.54) is 4.90 Å². The number of likely N-dealkylation sites (N-methyl/N-ethyl adjacent to an activating group) is 1. The minimum atomic E-state index is -3.77. The molecule has 0 spiro atoms. The zero-order valence-corrected chi connectivity index (χ0v) is 22.2. The minimum Gasteiger partial charge on any atom is -0.355 e. The lowest BCUT2D eigenvalue weighted by atomic mass is 10.1. The SMILES string of the molecule is CCNC(=O)[C@H](CC)N(Cc1ccc(Cl)cc1Cl)C(=O)CN(c1ccc(CC)cc1)S(C)(=O)=O. The molecule has 1 N–H and O–H groups in total. The number of halogens is 2. The van der Waals surface area contributed by atoms with Crippen molar-refractivity contribution in [1.29, 1.82) is 0 Å². The lowest BCUT2D eigenvalue weighted by Crippen LogP contribution is -2.52. The largest absolute Gasteiger partial charge is 0.355 e. The first-order valence-corrected chi connectivity index (χ1v) is 13.7. The first-order chi connectivity index (χ1) is 16.0. The summed E-state index contributed by atoms with van der Waals surface area (Å²) in [6.45, 7) is 5.55. The molecule has 34 heavy (non-hydrogen) atoms. The van der Waals surface area contributed by atoms with E-state index >= 15 is 0 Å². The van der Waals surface area contributed by atoms with Crippen LogP contribution in [0.15, 0.2) is 42.5 Å². The molecule has 0 aliphatic carbocycles. The first-order valence-electron chi connectivity index (χ1n) is 11.1. The van der Waals surface area contributed by atoms with Gasteiger partial charge in [0.15, 0.2) is 0 Å². The predicted octanol–water partition coefficient (Wildman–Crippen LogP) is 4.27. The number of benzene rings is 2. The molecule has 0 aliphatic heterocycles. The summed E-state index contributed by atoms with van der Waals surface area (Å²) in [4.78, 5) is 27.7. The van der Waals surface area contributed by atoms with Gasteiger partial charge in [-0.05, 0) is 55.2 Å². The predicted molar refractivity (Wildman–Crippen MR) is 138 cm³/mol. The van der Waals surface area contributed by atoms with Crippen molar-refractivity contribution in [1.82, 2.24) is 10.2 Å². The number of aryl methyl sites for hydroxylation is 1. The zero-order chi connectivity index (χ0) is 25.5. The molecule has 10 heteroatoms. The molecule has 1 atom stereocenters. The third-order valence-electron chi connectivity index (χ3n) is 5.40. The van der Waals surface area contributed by atoms with Crippen LogP contribution in [0.1, 0.15) is 38.3 Å². The Morgan fingerprint density at radius 1 is 1.03 bits per heavy atom. The van der Waals surface area contributed by atoms with Gasteiger partial charge in [0.1, 0.15) is 12.6 Å². The van der Waals surface area contributed by atoms with Crippen LogP contribution in [0.4, 0.5) is 5.69 Å². The molecule has 0 aromatic heterocycles. The number of carbonyl (C=O) groups excluding carboxylic acids is 2. The smallest absolute Gasteiger partial charge is 0.244 e. The van der Waals surface area contributed by atoms with E-state index in [0.717, 1.165) is 22.5 Å². The molecule has 0 bridgehead atoms. The Kier molecular flexibility index (Phi) is 10.2. The van der Waals surface area contributed by atoms with Crippen LogP contribution in [-0.2, 0) is 32.6 Å². The molecule has 0 radical (unpaired) electrons. The van der Waals surface area contributed by atoms with E-state index in [1.54, 1.807) is 44.2 Å². The van der Waals surface area contributed by atoms with E-state index in [9.17, 15) is 18.0 Å². The summed E-state index contributed by atoms with van der Waals surface area (Å²) < 4.78 is 26.3. The molecule has 7 nitrogen and oxygen atoms in total. The molecule has 2 rings (SSSR count). The maximum Gasteiger partial charge on any atom is 0.244 e. The van der Waals surface area contributed by atoms with Gasteiger partial charge >= 0.3 is 0 Å². The highest BCUT2D eigenvalue weighted by molar-refractivity contribution is 7.92. The van der Waals surface area contributed by atoms with Gasteiger partial charge in [0.2, 0.25) is 21.8 Å². The molecule has 0 saturated heterocycles. The van der Waals surface area contributed by atoms with Gasteiger partial charge in [0, 0.05) is 23.1 Å². The average molecular weight is 529 g/mol. The quantitative estimate of drug-likeness (QED) is 0.472. The van der Waals surface area contributed by atoms with E-state index < -0.39 is 28.5 Å². The molecule has 0 saturated carbocycles. The number of hydrogen-bond acceptors (Lipinski definition) is 4. The second-order valence-electron chi connectivity index (χ2n) is 7.87. The standard InChI is InChI=1S/C24H31Cl2N3O4S/c1-5-17-8-12-20(13-9-17)29(34(4,32)33)16-23(30)28(22(6-2)24(31)27-7-3)15-18-10-11-19(25)14-21(18)26/h8-14,22H,5-7,15-16H2,1-4H3,(H,27,31)/t22-/m0/s1. The van der Waals surface area contributed by atoms with E-state index in [1.807, 2.05) is 19.1 Å². The van der Waals surface area contributed by atoms with Crippen molar-refractivity contribution >= 4 is 50.7 Å². The molecule has 186 valence electrons. The number of rotatable bonds is 11. The first kappa shape index (κ1) is 28.0. The van der Waals surface area contributed by atoms with Crippen LogP contribution in [0.5, 0.6) is 0 Å². The normalized spacial score (nSPS) is 12.2. The summed E-state index contributed by atoms with van der Waals surface area (Å²) in [6.07, 6.45) is 2.20. The van der Waals surface area contributed by atoms with E-state index in [-0.39, 0.29) is 12.5 Å². The summed E-state index contributed by atoms with van der Waals surface area (Å²) in [5, 5.41) is 3.55. The number of amides is 2. The average Bonchev–Trinajstić information content (AvgIpc) is 2.78. The molecular formula is C24H31Cl2N3O4S. The molecule has 2 aromatic carbocycles. The van der Waals surface area contributed by atoms with Crippen molar-refractivity contribution in [2.75, 3.05) is 23.7 Å². The molecule has 2 aromatic rings. The Hall–Kier alpha value is -2.29. The number of carbonyl (C=O) groups is 2. The van der Waals surface area contributed by atoms with Crippen LogP contribution in [0.25, 0.3) is 0 Å². The molecule has 0 fully saturated rings. The number of sulfonamides is 1. The number of nitrogens with zero attached hydrogens (tertiary/aromatic N) is 2. The van der Waals surface area contributed by atoms with Crippen LogP contribution in [0, 0.1) is 0 Å². The lowest BCUT2D eigenvalue weighted by molar-refractivity contribution is -0.140. The van der Waals surface area contributed by atoms with Gasteiger partial charge < -0.3 is 10.2 Å². The Bertz CT molecular complexity index is 1110. The Morgan fingerprint density at radius 2 is 1.68 bits per heavy atom. The maximum absolute atomic E-state index is 13.6. The summed E-state index contributed by atoms with van der Waals surface area (Å²) in [5.74, 6) is -0.837. The molecule has 0 aliphatic rings. The molecule has 2 amide bonds. The summed E-state index contributed by atoms with van der Waals surface area (Å²) >= 11 is 12.3. The monoisotopic (exact) mass is 527 g/mol. The van der Waals surface area contributed by atoms with Crippen LogP contribution in [0.2, 0.25) is 10.0 Å². The molecular weight excluding hydrogens is 497 g/mol. The van der Waals surface area contributed by atoms with Crippen LogP contribution in [-0.4, -0.2) is 50.5 Å². The highest BCUT2D eigenvalue weighted by Gasteiger charge is 2.31. The minimum absolute atomic E-state index is 0.0247. The molecule has 0 unspecified atom stereocenters. The van der Waals surface area contributed by atoms with Gasteiger partial charge in [0.05, 0.1) is 11.9 Å². The number of anilines is 1. The van der Waals surface area contributed by atoms with Gasteiger partial charge in [-0.15, -0.1) is 0 Å². The lowest BCUT2D eigenvalue weighted by Gasteiger charge is -2.33. The third kappa shape index (κ3) is 7.35. The highest BCUT2D eigenvalue weighted by atomic mass is 35.5. The van der Waals surface area contributed by atoms with Crippen LogP contribution in [0.3, 0.4) is 0 Å². The fourth-order valence-corrected chi connectivity index (χ4v) is 4.87. The summed E-state index contributed by atoms with van der Waals surface area (Å²) in [7, 11) is -3.77. The van der Waals surface area contributed by atoms with E-state index in [0.29, 0.717) is 34.3 Å². The van der Waals surface area contributed by atoms with Gasteiger partial charge in [-0.1, -0.05) is 55.2 Å². The van der Waals surface area contributed by atoms with Gasteiger partial charge in [-0.25, -0.2) is 8.42 Å². The number of hydrogen-bond donors (Lipinski definition) is 1. The van der Waals surface area contributed by atoms with Gasteiger partial charge in [-0.2, -0.15) is 0 Å². The van der Waals surface area contributed by atoms with Crippen molar-refractivity contribution in [3.05, 3.63) is 63.6 Å². The third-order valence-corrected chi connectivity index (χ3v) is 7.13. The fraction of sp³-hybridized carbons (Fsp3) is 0.417. The maximum atomic E-state index is 13.6. The van der Waals surface area contributed by atoms with Gasteiger partial charge in [0.25, 0.3) is 0 Å². The Morgan fingerprint density at radius 3 is 2.18 bits per heavy atom. The van der Waals surface area contributed by atoms with Crippen LogP contribution >= 0.6 is 23.2 Å². The van der Waals surface area contributed by atoms with Crippen molar-refractivity contribution in [2.45, 2.75) is 46.2 Å². The van der Waals surface area contributed by atoms with E-state index in [2.05, 4.69) is 5.32 Å². The second-order valence-corrected chi connectivity index (χ2v) is 10.6. The second kappa shape index (κ2) is 12.4. The topological polar surface area (TPSA) is 86.8 Å². The van der Waals surface area contributed by atoms with Crippen molar-refractivity contribution < 1.29 is 18.0 Å². The van der Waals surface area contributed by atoms with Crippen molar-refractivity contribution in [3.63, 3.8) is 0 Å².